The second-order valence-electron chi connectivity index (χ2n) is 5.55. The SMILES string of the molecule is NC(=S)c1cccn1C1CCOC2(CCCC2)C1. The molecule has 4 heteroatoms. The largest absolute Gasteiger partial charge is 0.388 e. The highest BCUT2D eigenvalue weighted by Gasteiger charge is 2.40. The van der Waals surface area contributed by atoms with Crippen LogP contribution in [0, 0.1) is 0 Å². The third kappa shape index (κ3) is 2.08. The molecular formula is C14H20N2OS. The van der Waals surface area contributed by atoms with Crippen LogP contribution in [0.15, 0.2) is 18.3 Å². The van der Waals surface area contributed by atoms with Crippen molar-refractivity contribution in [3.63, 3.8) is 0 Å². The van der Waals surface area contributed by atoms with E-state index in [1.54, 1.807) is 0 Å². The zero-order valence-corrected chi connectivity index (χ0v) is 11.4. The number of aromatic nitrogens is 1. The molecule has 2 aliphatic rings. The lowest BCUT2D eigenvalue weighted by Crippen LogP contribution is -2.38. The molecule has 0 bridgehead atoms. The average Bonchev–Trinajstić information content (AvgIpc) is 2.98. The molecule has 1 unspecified atom stereocenters. The molecule has 2 fully saturated rings. The first-order chi connectivity index (χ1) is 8.70. The Morgan fingerprint density at radius 1 is 1.44 bits per heavy atom. The number of hydrogen-bond acceptors (Lipinski definition) is 2. The Balaban J connectivity index is 1.83. The average molecular weight is 264 g/mol. The van der Waals surface area contributed by atoms with Crippen LogP contribution in [0.3, 0.4) is 0 Å². The molecule has 1 saturated carbocycles. The van der Waals surface area contributed by atoms with Gasteiger partial charge in [0.2, 0.25) is 0 Å². The summed E-state index contributed by atoms with van der Waals surface area (Å²) in [6, 6.07) is 4.54. The van der Waals surface area contributed by atoms with Gasteiger partial charge in [0, 0.05) is 18.8 Å². The molecule has 18 heavy (non-hydrogen) atoms. The second-order valence-corrected chi connectivity index (χ2v) is 5.99. The van der Waals surface area contributed by atoms with E-state index in [0.29, 0.717) is 11.0 Å². The molecule has 1 spiro atoms. The fraction of sp³-hybridized carbons (Fsp3) is 0.643. The summed E-state index contributed by atoms with van der Waals surface area (Å²) in [6.45, 7) is 0.861. The number of ether oxygens (including phenoxy) is 1. The Hall–Kier alpha value is -0.870. The normalized spacial score (nSPS) is 26.6. The minimum absolute atomic E-state index is 0.140. The lowest BCUT2D eigenvalue weighted by Gasteiger charge is -2.39. The first-order valence-electron chi connectivity index (χ1n) is 6.81. The molecule has 98 valence electrons. The lowest BCUT2D eigenvalue weighted by atomic mass is 9.88. The summed E-state index contributed by atoms with van der Waals surface area (Å²) >= 11 is 5.12. The lowest BCUT2D eigenvalue weighted by molar-refractivity contribution is -0.0894. The van der Waals surface area contributed by atoms with Crippen LogP contribution >= 0.6 is 12.2 Å². The molecular weight excluding hydrogens is 244 g/mol. The van der Waals surface area contributed by atoms with E-state index >= 15 is 0 Å². The summed E-state index contributed by atoms with van der Waals surface area (Å²) in [7, 11) is 0. The van der Waals surface area contributed by atoms with Gasteiger partial charge in [-0.25, -0.2) is 0 Å². The topological polar surface area (TPSA) is 40.2 Å². The third-order valence-electron chi connectivity index (χ3n) is 4.41. The zero-order chi connectivity index (χ0) is 12.6. The molecule has 1 aliphatic carbocycles. The highest BCUT2D eigenvalue weighted by atomic mass is 32.1. The molecule has 0 aromatic carbocycles. The minimum atomic E-state index is 0.140. The maximum atomic E-state index is 6.08. The highest BCUT2D eigenvalue weighted by Crippen LogP contribution is 2.43. The van der Waals surface area contributed by atoms with Crippen LogP contribution in [0.5, 0.6) is 0 Å². The molecule has 1 aromatic heterocycles. The van der Waals surface area contributed by atoms with Crippen molar-refractivity contribution in [1.29, 1.82) is 0 Å². The third-order valence-corrected chi connectivity index (χ3v) is 4.62. The maximum Gasteiger partial charge on any atom is 0.120 e. The highest BCUT2D eigenvalue weighted by molar-refractivity contribution is 7.80. The number of rotatable bonds is 2. The van der Waals surface area contributed by atoms with Gasteiger partial charge in [0.05, 0.1) is 11.3 Å². The molecule has 3 rings (SSSR count). The number of hydrogen-bond donors (Lipinski definition) is 1. The van der Waals surface area contributed by atoms with E-state index in [2.05, 4.69) is 10.8 Å². The van der Waals surface area contributed by atoms with Gasteiger partial charge in [-0.05, 0) is 37.8 Å². The summed E-state index contributed by atoms with van der Waals surface area (Å²) in [5.41, 5.74) is 6.92. The standard InChI is InChI=1S/C14H20N2OS/c15-13(18)12-4-3-8-16(12)11-5-9-17-14(10-11)6-1-2-7-14/h3-4,8,11H,1-2,5-7,9-10H2,(H2,15,18). The van der Waals surface area contributed by atoms with Crippen molar-refractivity contribution >= 4 is 17.2 Å². The monoisotopic (exact) mass is 264 g/mol. The molecule has 2 N–H and O–H groups in total. The Morgan fingerprint density at radius 3 is 2.94 bits per heavy atom. The predicted octanol–water partition coefficient (Wildman–Crippen LogP) is 2.79. The fourth-order valence-corrected chi connectivity index (χ4v) is 3.70. The minimum Gasteiger partial charge on any atom is -0.388 e. The Bertz CT molecular complexity index is 448. The van der Waals surface area contributed by atoms with Gasteiger partial charge in [-0.3, -0.25) is 0 Å². The smallest absolute Gasteiger partial charge is 0.120 e. The van der Waals surface area contributed by atoms with Gasteiger partial charge in [-0.2, -0.15) is 0 Å². The van der Waals surface area contributed by atoms with Gasteiger partial charge in [-0.15, -0.1) is 0 Å². The van der Waals surface area contributed by atoms with Crippen LogP contribution in [-0.2, 0) is 4.74 Å². The molecule has 1 aliphatic heterocycles. The van der Waals surface area contributed by atoms with E-state index in [9.17, 15) is 0 Å². The molecule has 0 radical (unpaired) electrons. The van der Waals surface area contributed by atoms with Gasteiger partial charge < -0.3 is 15.0 Å². The van der Waals surface area contributed by atoms with Crippen molar-refractivity contribution in [2.75, 3.05) is 6.61 Å². The van der Waals surface area contributed by atoms with Crippen molar-refractivity contribution < 1.29 is 4.74 Å². The number of nitrogens with two attached hydrogens (primary N) is 1. The molecule has 0 amide bonds. The first kappa shape index (κ1) is 12.2. The van der Waals surface area contributed by atoms with E-state index in [-0.39, 0.29) is 5.60 Å². The second kappa shape index (κ2) is 4.67. The summed E-state index contributed by atoms with van der Waals surface area (Å²) in [4.78, 5) is 0.493. The summed E-state index contributed by atoms with van der Waals surface area (Å²) in [6.07, 6.45) is 9.32. The van der Waals surface area contributed by atoms with E-state index < -0.39 is 0 Å². The van der Waals surface area contributed by atoms with Crippen molar-refractivity contribution in [3.05, 3.63) is 24.0 Å². The predicted molar refractivity (Wildman–Crippen MR) is 75.7 cm³/mol. The van der Waals surface area contributed by atoms with Crippen LogP contribution in [-0.4, -0.2) is 21.8 Å². The molecule has 1 aromatic rings. The van der Waals surface area contributed by atoms with E-state index in [1.807, 2.05) is 12.1 Å². The summed E-state index contributed by atoms with van der Waals surface area (Å²) in [5, 5.41) is 0. The van der Waals surface area contributed by atoms with Crippen LogP contribution in [0.2, 0.25) is 0 Å². The quantitative estimate of drug-likeness (QED) is 0.835. The van der Waals surface area contributed by atoms with Gasteiger partial charge in [-0.1, -0.05) is 25.1 Å². The van der Waals surface area contributed by atoms with Gasteiger partial charge in [0.25, 0.3) is 0 Å². The van der Waals surface area contributed by atoms with E-state index in [0.717, 1.165) is 25.1 Å². The summed E-state index contributed by atoms with van der Waals surface area (Å²) < 4.78 is 8.33. The molecule has 1 saturated heterocycles. The van der Waals surface area contributed by atoms with Crippen LogP contribution in [0.4, 0.5) is 0 Å². The van der Waals surface area contributed by atoms with Crippen LogP contribution in [0.25, 0.3) is 0 Å². The van der Waals surface area contributed by atoms with E-state index in [1.165, 1.54) is 25.7 Å². The van der Waals surface area contributed by atoms with Crippen molar-refractivity contribution in [1.82, 2.24) is 4.57 Å². The Morgan fingerprint density at radius 2 is 2.22 bits per heavy atom. The maximum absolute atomic E-state index is 6.08. The van der Waals surface area contributed by atoms with Gasteiger partial charge in [0.1, 0.15) is 4.99 Å². The van der Waals surface area contributed by atoms with E-state index in [4.69, 9.17) is 22.7 Å². The van der Waals surface area contributed by atoms with Crippen molar-refractivity contribution in [3.8, 4) is 0 Å². The molecule has 2 heterocycles. The van der Waals surface area contributed by atoms with Gasteiger partial charge in [0.15, 0.2) is 0 Å². The van der Waals surface area contributed by atoms with Crippen LogP contribution < -0.4 is 5.73 Å². The summed E-state index contributed by atoms with van der Waals surface area (Å²) in [5.74, 6) is 0. The number of thiocarbonyl (C=S) groups is 1. The fourth-order valence-electron chi connectivity index (χ4n) is 3.53. The first-order valence-corrected chi connectivity index (χ1v) is 7.22. The Kier molecular flexibility index (Phi) is 3.16. The molecule has 1 atom stereocenters. The Labute approximate surface area is 113 Å². The number of nitrogens with zero attached hydrogens (tertiary/aromatic N) is 1. The van der Waals surface area contributed by atoms with Crippen molar-refractivity contribution in [2.45, 2.75) is 50.2 Å². The zero-order valence-electron chi connectivity index (χ0n) is 10.6. The van der Waals surface area contributed by atoms with Gasteiger partial charge >= 0.3 is 0 Å². The van der Waals surface area contributed by atoms with Crippen LogP contribution in [0.1, 0.15) is 50.3 Å². The van der Waals surface area contributed by atoms with Crippen molar-refractivity contribution in [2.24, 2.45) is 5.73 Å². The molecule has 3 nitrogen and oxygen atoms in total.